The summed E-state index contributed by atoms with van der Waals surface area (Å²) in [6, 6.07) is 12.8. The molecule has 0 bridgehead atoms. The molecule has 0 N–H and O–H groups in total. The van der Waals surface area contributed by atoms with Gasteiger partial charge in [0.2, 0.25) is 0 Å². The van der Waals surface area contributed by atoms with Crippen LogP contribution in [0.1, 0.15) is 31.9 Å². The van der Waals surface area contributed by atoms with Gasteiger partial charge in [-0.15, -0.1) is 0 Å². The van der Waals surface area contributed by atoms with Crippen LogP contribution >= 0.6 is 0 Å². The molecular formula is C15H20N2O. The Balaban J connectivity index is 2.17. The molecule has 1 aliphatic heterocycles. The molecule has 1 fully saturated rings. The molecule has 1 aromatic carbocycles. The van der Waals surface area contributed by atoms with Crippen molar-refractivity contribution in [1.82, 2.24) is 4.90 Å². The van der Waals surface area contributed by atoms with Crippen molar-refractivity contribution in [1.29, 1.82) is 5.26 Å². The van der Waals surface area contributed by atoms with Crippen LogP contribution in [0.2, 0.25) is 0 Å². The Morgan fingerprint density at radius 2 is 1.89 bits per heavy atom. The van der Waals surface area contributed by atoms with E-state index in [-0.39, 0.29) is 18.2 Å². The molecular weight excluding hydrogens is 224 g/mol. The maximum Gasteiger partial charge on any atom is 0.0678 e. The van der Waals surface area contributed by atoms with Crippen LogP contribution in [0.4, 0.5) is 0 Å². The maximum atomic E-state index is 9.05. The number of hydrogen-bond acceptors (Lipinski definition) is 3. The van der Waals surface area contributed by atoms with Gasteiger partial charge in [-0.2, -0.15) is 5.26 Å². The molecule has 1 heterocycles. The lowest BCUT2D eigenvalue weighted by atomic mass is 10.0. The minimum atomic E-state index is 0.185. The van der Waals surface area contributed by atoms with Crippen LogP contribution in [0.15, 0.2) is 30.3 Å². The summed E-state index contributed by atoms with van der Waals surface area (Å²) in [6.45, 7) is 5.98. The Kier molecular flexibility index (Phi) is 4.35. The molecule has 0 spiro atoms. The minimum absolute atomic E-state index is 0.185. The molecule has 0 amide bonds. The molecule has 1 aromatic rings. The first-order valence-electron chi connectivity index (χ1n) is 6.52. The predicted molar refractivity (Wildman–Crippen MR) is 71.0 cm³/mol. The van der Waals surface area contributed by atoms with E-state index in [0.717, 1.165) is 13.1 Å². The van der Waals surface area contributed by atoms with Crippen molar-refractivity contribution in [3.05, 3.63) is 35.9 Å². The summed E-state index contributed by atoms with van der Waals surface area (Å²) in [5.41, 5.74) is 1.22. The topological polar surface area (TPSA) is 36.3 Å². The number of benzene rings is 1. The molecule has 3 atom stereocenters. The van der Waals surface area contributed by atoms with Crippen molar-refractivity contribution < 1.29 is 4.74 Å². The monoisotopic (exact) mass is 244 g/mol. The lowest BCUT2D eigenvalue weighted by Gasteiger charge is -2.39. The highest BCUT2D eigenvalue weighted by Crippen LogP contribution is 2.27. The van der Waals surface area contributed by atoms with E-state index >= 15 is 0 Å². The summed E-state index contributed by atoms with van der Waals surface area (Å²) in [4.78, 5) is 2.37. The molecule has 3 unspecified atom stereocenters. The van der Waals surface area contributed by atoms with Crippen LogP contribution in [0.5, 0.6) is 0 Å². The molecule has 3 heteroatoms. The fourth-order valence-electron chi connectivity index (χ4n) is 2.69. The van der Waals surface area contributed by atoms with Crippen molar-refractivity contribution in [2.45, 2.75) is 38.5 Å². The Morgan fingerprint density at radius 3 is 2.44 bits per heavy atom. The summed E-state index contributed by atoms with van der Waals surface area (Å²) < 4.78 is 5.76. The molecule has 2 rings (SSSR count). The number of morpholine rings is 1. The second-order valence-electron chi connectivity index (χ2n) is 5.00. The van der Waals surface area contributed by atoms with Gasteiger partial charge in [0.15, 0.2) is 0 Å². The fraction of sp³-hybridized carbons (Fsp3) is 0.533. The first-order valence-corrected chi connectivity index (χ1v) is 6.52. The first-order chi connectivity index (χ1) is 8.70. The van der Waals surface area contributed by atoms with E-state index < -0.39 is 0 Å². The molecule has 0 aromatic heterocycles. The fourth-order valence-corrected chi connectivity index (χ4v) is 2.69. The molecule has 96 valence electrons. The Hall–Kier alpha value is -1.37. The average Bonchev–Trinajstić information content (AvgIpc) is 2.36. The van der Waals surface area contributed by atoms with Crippen LogP contribution in [0.3, 0.4) is 0 Å². The van der Waals surface area contributed by atoms with E-state index in [0.29, 0.717) is 6.42 Å². The number of rotatable bonds is 3. The van der Waals surface area contributed by atoms with Gasteiger partial charge in [-0.25, -0.2) is 0 Å². The van der Waals surface area contributed by atoms with E-state index in [4.69, 9.17) is 10.00 Å². The van der Waals surface area contributed by atoms with E-state index in [1.54, 1.807) is 0 Å². The zero-order chi connectivity index (χ0) is 13.0. The van der Waals surface area contributed by atoms with Gasteiger partial charge in [-0.1, -0.05) is 30.3 Å². The van der Waals surface area contributed by atoms with Crippen molar-refractivity contribution in [2.24, 2.45) is 0 Å². The van der Waals surface area contributed by atoms with Gasteiger partial charge in [-0.3, -0.25) is 4.90 Å². The lowest BCUT2D eigenvalue weighted by molar-refractivity contribution is -0.0805. The van der Waals surface area contributed by atoms with Gasteiger partial charge in [0.25, 0.3) is 0 Å². The predicted octanol–water partition coefficient (Wildman–Crippen LogP) is 2.75. The molecule has 1 aliphatic rings. The number of nitrogens with zero attached hydrogens (tertiary/aromatic N) is 2. The van der Waals surface area contributed by atoms with Crippen LogP contribution in [0, 0.1) is 11.3 Å². The largest absolute Gasteiger partial charge is 0.373 e. The van der Waals surface area contributed by atoms with E-state index in [2.05, 4.69) is 36.9 Å². The smallest absolute Gasteiger partial charge is 0.0678 e. The lowest BCUT2D eigenvalue weighted by Crippen LogP contribution is -2.46. The van der Waals surface area contributed by atoms with Crippen LogP contribution < -0.4 is 0 Å². The number of ether oxygens (including phenoxy) is 1. The van der Waals surface area contributed by atoms with Gasteiger partial charge in [-0.05, 0) is 19.4 Å². The molecule has 0 radical (unpaired) electrons. The highest BCUT2D eigenvalue weighted by molar-refractivity contribution is 5.20. The zero-order valence-electron chi connectivity index (χ0n) is 11.0. The zero-order valence-corrected chi connectivity index (χ0v) is 11.0. The van der Waals surface area contributed by atoms with Crippen LogP contribution in [-0.4, -0.2) is 30.2 Å². The van der Waals surface area contributed by atoms with Gasteiger partial charge in [0.1, 0.15) is 0 Å². The molecule has 1 saturated heterocycles. The van der Waals surface area contributed by atoms with Gasteiger partial charge in [0.05, 0.1) is 24.7 Å². The standard InChI is InChI=1S/C15H20N2O/c1-12-10-17(11-13(2)18-12)15(8-9-16)14-6-4-3-5-7-14/h3-7,12-13,15H,8,10-11H2,1-2H3. The molecule has 18 heavy (non-hydrogen) atoms. The van der Waals surface area contributed by atoms with Crippen molar-refractivity contribution in [3.8, 4) is 6.07 Å². The van der Waals surface area contributed by atoms with Crippen molar-refractivity contribution in [2.75, 3.05) is 13.1 Å². The van der Waals surface area contributed by atoms with Crippen LogP contribution in [-0.2, 0) is 4.74 Å². The summed E-state index contributed by atoms with van der Waals surface area (Å²) in [7, 11) is 0. The summed E-state index contributed by atoms with van der Waals surface area (Å²) >= 11 is 0. The van der Waals surface area contributed by atoms with E-state index in [1.165, 1.54) is 5.56 Å². The Labute approximate surface area is 109 Å². The average molecular weight is 244 g/mol. The normalized spacial score (nSPS) is 26.5. The Morgan fingerprint density at radius 1 is 1.28 bits per heavy atom. The third kappa shape index (κ3) is 3.10. The minimum Gasteiger partial charge on any atom is -0.373 e. The second-order valence-corrected chi connectivity index (χ2v) is 5.00. The third-order valence-electron chi connectivity index (χ3n) is 3.36. The maximum absolute atomic E-state index is 9.05. The highest BCUT2D eigenvalue weighted by Gasteiger charge is 2.28. The molecule has 0 saturated carbocycles. The molecule has 3 nitrogen and oxygen atoms in total. The van der Waals surface area contributed by atoms with Gasteiger partial charge >= 0.3 is 0 Å². The quantitative estimate of drug-likeness (QED) is 0.820. The number of hydrogen-bond donors (Lipinski definition) is 0. The third-order valence-corrected chi connectivity index (χ3v) is 3.36. The van der Waals surface area contributed by atoms with Gasteiger partial charge < -0.3 is 4.74 Å². The summed E-state index contributed by atoms with van der Waals surface area (Å²) in [5, 5.41) is 9.05. The second kappa shape index (κ2) is 5.99. The van der Waals surface area contributed by atoms with Gasteiger partial charge in [0, 0.05) is 19.1 Å². The number of nitriles is 1. The highest BCUT2D eigenvalue weighted by atomic mass is 16.5. The van der Waals surface area contributed by atoms with E-state index in [9.17, 15) is 0 Å². The van der Waals surface area contributed by atoms with Crippen molar-refractivity contribution >= 4 is 0 Å². The SMILES string of the molecule is CC1CN(C(CC#N)c2ccccc2)CC(C)O1. The van der Waals surface area contributed by atoms with Crippen LogP contribution in [0.25, 0.3) is 0 Å². The van der Waals surface area contributed by atoms with E-state index in [1.807, 2.05) is 18.2 Å². The first kappa shape index (κ1) is 13.1. The summed E-state index contributed by atoms with van der Waals surface area (Å²) in [6.07, 6.45) is 1.00. The Bertz CT molecular complexity index is 402. The van der Waals surface area contributed by atoms with Crippen molar-refractivity contribution in [3.63, 3.8) is 0 Å². The molecule has 0 aliphatic carbocycles. The summed E-state index contributed by atoms with van der Waals surface area (Å²) in [5.74, 6) is 0.